The molecule has 2 rings (SSSR count). The van der Waals surface area contributed by atoms with Gasteiger partial charge in [0.1, 0.15) is 5.54 Å². The molecule has 1 aliphatic carbocycles. The van der Waals surface area contributed by atoms with Crippen LogP contribution in [-0.4, -0.2) is 18.6 Å². The van der Waals surface area contributed by atoms with E-state index in [1.54, 1.807) is 0 Å². The Balaban J connectivity index is 2.02. The van der Waals surface area contributed by atoms with E-state index in [9.17, 15) is 4.79 Å². The van der Waals surface area contributed by atoms with Crippen molar-refractivity contribution < 1.29 is 9.53 Å². The molecule has 3 heteroatoms. The molecule has 0 unspecified atom stereocenters. The Morgan fingerprint density at radius 1 is 1.26 bits per heavy atom. The molecule has 0 saturated carbocycles. The molecule has 0 saturated heterocycles. The number of fused-ring (bicyclic) bond motifs is 1. The fourth-order valence-corrected chi connectivity index (χ4v) is 2.55. The third-order valence-corrected chi connectivity index (χ3v) is 3.84. The minimum Gasteiger partial charge on any atom is -0.468 e. The quantitative estimate of drug-likeness (QED) is 0.847. The summed E-state index contributed by atoms with van der Waals surface area (Å²) >= 11 is 0. The van der Waals surface area contributed by atoms with Gasteiger partial charge in [-0.15, -0.1) is 0 Å². The normalized spacial score (nSPS) is 14.9. The number of methoxy groups -OCH3 is 1. The highest BCUT2D eigenvalue weighted by molar-refractivity contribution is 5.79. The lowest BCUT2D eigenvalue weighted by atomic mass is 9.90. The first-order chi connectivity index (χ1) is 9.03. The summed E-state index contributed by atoms with van der Waals surface area (Å²) in [5.74, 6) is -0.231. The highest BCUT2D eigenvalue weighted by Crippen LogP contribution is 2.22. The molecule has 3 nitrogen and oxygen atoms in total. The van der Waals surface area contributed by atoms with Crippen LogP contribution in [0.1, 0.15) is 43.4 Å². The predicted octanol–water partition coefficient (Wildman–Crippen LogP) is 2.61. The maximum absolute atomic E-state index is 11.6. The van der Waals surface area contributed by atoms with Gasteiger partial charge in [0.05, 0.1) is 7.11 Å². The van der Waals surface area contributed by atoms with Crippen molar-refractivity contribution in [1.82, 2.24) is 5.32 Å². The first-order valence-electron chi connectivity index (χ1n) is 6.97. The lowest BCUT2D eigenvalue weighted by molar-refractivity contribution is -0.147. The molecule has 0 aromatic heterocycles. The Kier molecular flexibility index (Phi) is 4.25. The highest BCUT2D eigenvalue weighted by atomic mass is 16.5. The van der Waals surface area contributed by atoms with Crippen LogP contribution in [0, 0.1) is 0 Å². The number of hydrogen-bond donors (Lipinski definition) is 1. The molecule has 1 N–H and O–H groups in total. The van der Waals surface area contributed by atoms with Crippen molar-refractivity contribution in [3.63, 3.8) is 0 Å². The summed E-state index contributed by atoms with van der Waals surface area (Å²) in [4.78, 5) is 11.6. The monoisotopic (exact) mass is 261 g/mol. The van der Waals surface area contributed by atoms with Crippen LogP contribution in [-0.2, 0) is 28.9 Å². The first-order valence-corrected chi connectivity index (χ1v) is 6.97. The molecule has 1 aliphatic rings. The Bertz CT molecular complexity index is 466. The molecular formula is C16H23NO2. The molecule has 19 heavy (non-hydrogen) atoms. The molecule has 1 aromatic rings. The van der Waals surface area contributed by atoms with E-state index in [1.807, 2.05) is 13.8 Å². The van der Waals surface area contributed by atoms with Gasteiger partial charge in [-0.25, -0.2) is 0 Å². The van der Waals surface area contributed by atoms with Crippen molar-refractivity contribution in [1.29, 1.82) is 0 Å². The van der Waals surface area contributed by atoms with Crippen LogP contribution in [0.3, 0.4) is 0 Å². The fourth-order valence-electron chi connectivity index (χ4n) is 2.55. The highest BCUT2D eigenvalue weighted by Gasteiger charge is 2.27. The van der Waals surface area contributed by atoms with Crippen molar-refractivity contribution in [2.24, 2.45) is 0 Å². The minimum absolute atomic E-state index is 0.231. The van der Waals surface area contributed by atoms with Gasteiger partial charge in [-0.3, -0.25) is 10.1 Å². The van der Waals surface area contributed by atoms with Gasteiger partial charge in [-0.05, 0) is 56.2 Å². The smallest absolute Gasteiger partial charge is 0.325 e. The maximum atomic E-state index is 11.6. The summed E-state index contributed by atoms with van der Waals surface area (Å²) in [5, 5.41) is 3.26. The first kappa shape index (κ1) is 14.1. The van der Waals surface area contributed by atoms with Crippen LogP contribution in [0.25, 0.3) is 0 Å². The van der Waals surface area contributed by atoms with Gasteiger partial charge >= 0.3 is 5.97 Å². The summed E-state index contributed by atoms with van der Waals surface area (Å²) in [6, 6.07) is 6.66. The van der Waals surface area contributed by atoms with E-state index >= 15 is 0 Å². The molecule has 0 bridgehead atoms. The minimum atomic E-state index is -0.648. The summed E-state index contributed by atoms with van der Waals surface area (Å²) < 4.78 is 4.79. The molecular weight excluding hydrogens is 238 g/mol. The van der Waals surface area contributed by atoms with Crippen molar-refractivity contribution in [3.05, 3.63) is 34.9 Å². The van der Waals surface area contributed by atoms with Crippen LogP contribution in [0.5, 0.6) is 0 Å². The van der Waals surface area contributed by atoms with Crippen LogP contribution in [0.4, 0.5) is 0 Å². The fraction of sp³-hybridized carbons (Fsp3) is 0.562. The summed E-state index contributed by atoms with van der Waals surface area (Å²) in [5.41, 5.74) is 3.55. The van der Waals surface area contributed by atoms with Gasteiger partial charge in [-0.2, -0.15) is 0 Å². The Labute approximate surface area is 115 Å². The molecule has 0 aliphatic heterocycles. The second-order valence-corrected chi connectivity index (χ2v) is 5.78. The molecule has 0 amide bonds. The number of hydrogen-bond acceptors (Lipinski definition) is 3. The predicted molar refractivity (Wildman–Crippen MR) is 76.0 cm³/mol. The Hall–Kier alpha value is -1.35. The number of rotatable bonds is 4. The summed E-state index contributed by atoms with van der Waals surface area (Å²) in [7, 11) is 1.42. The number of carbonyl (C=O) groups excluding carboxylic acids is 1. The topological polar surface area (TPSA) is 38.3 Å². The van der Waals surface area contributed by atoms with Crippen molar-refractivity contribution in [3.8, 4) is 0 Å². The number of ether oxygens (including phenoxy) is 1. The van der Waals surface area contributed by atoms with E-state index in [2.05, 4.69) is 23.5 Å². The van der Waals surface area contributed by atoms with E-state index in [-0.39, 0.29) is 5.97 Å². The number of nitrogens with one attached hydrogen (secondary N) is 1. The van der Waals surface area contributed by atoms with Crippen LogP contribution in [0.2, 0.25) is 0 Å². The standard InChI is InChI=1S/C16H23NO2/c1-16(2,15(18)19-3)17-11-12-8-9-13-6-4-5-7-14(13)10-12/h8-10,17H,4-7,11H2,1-3H3. The average Bonchev–Trinajstić information content (AvgIpc) is 2.44. The van der Waals surface area contributed by atoms with Crippen molar-refractivity contribution >= 4 is 5.97 Å². The number of aryl methyl sites for hydroxylation is 2. The second-order valence-electron chi connectivity index (χ2n) is 5.78. The van der Waals surface area contributed by atoms with Gasteiger partial charge in [0.2, 0.25) is 0 Å². The molecule has 0 fully saturated rings. The second kappa shape index (κ2) is 5.74. The Morgan fingerprint density at radius 3 is 2.63 bits per heavy atom. The largest absolute Gasteiger partial charge is 0.468 e. The average molecular weight is 261 g/mol. The SMILES string of the molecule is COC(=O)C(C)(C)NCc1ccc2c(c1)CCCC2. The molecule has 0 atom stereocenters. The van der Waals surface area contributed by atoms with Crippen LogP contribution < -0.4 is 5.32 Å². The number of carbonyl (C=O) groups is 1. The third-order valence-electron chi connectivity index (χ3n) is 3.84. The third kappa shape index (κ3) is 3.35. The molecule has 104 valence electrons. The zero-order valence-electron chi connectivity index (χ0n) is 12.1. The Morgan fingerprint density at radius 2 is 1.95 bits per heavy atom. The molecule has 1 aromatic carbocycles. The molecule has 0 radical (unpaired) electrons. The molecule has 0 spiro atoms. The van der Waals surface area contributed by atoms with Crippen molar-refractivity contribution in [2.75, 3.05) is 7.11 Å². The number of esters is 1. The van der Waals surface area contributed by atoms with Gasteiger partial charge in [-0.1, -0.05) is 18.2 Å². The molecule has 0 heterocycles. The van der Waals surface area contributed by atoms with E-state index < -0.39 is 5.54 Å². The summed E-state index contributed by atoms with van der Waals surface area (Å²) in [6.45, 7) is 4.38. The van der Waals surface area contributed by atoms with E-state index in [1.165, 1.54) is 49.5 Å². The zero-order valence-corrected chi connectivity index (χ0v) is 12.1. The van der Waals surface area contributed by atoms with E-state index in [0.29, 0.717) is 6.54 Å². The van der Waals surface area contributed by atoms with E-state index in [0.717, 1.165) is 0 Å². The van der Waals surface area contributed by atoms with E-state index in [4.69, 9.17) is 4.74 Å². The van der Waals surface area contributed by atoms with Gasteiger partial charge in [0.25, 0.3) is 0 Å². The zero-order chi connectivity index (χ0) is 13.9. The summed E-state index contributed by atoms with van der Waals surface area (Å²) in [6.07, 6.45) is 4.98. The van der Waals surface area contributed by atoms with Gasteiger partial charge in [0.15, 0.2) is 0 Å². The maximum Gasteiger partial charge on any atom is 0.325 e. The van der Waals surface area contributed by atoms with Crippen molar-refractivity contribution in [2.45, 2.75) is 51.6 Å². The lowest BCUT2D eigenvalue weighted by Crippen LogP contribution is -2.46. The van der Waals surface area contributed by atoms with Gasteiger partial charge < -0.3 is 4.74 Å². The van der Waals surface area contributed by atoms with Gasteiger partial charge in [0, 0.05) is 6.54 Å². The number of benzene rings is 1. The lowest BCUT2D eigenvalue weighted by Gasteiger charge is -2.24. The van der Waals surface area contributed by atoms with Crippen LogP contribution in [0.15, 0.2) is 18.2 Å². The van der Waals surface area contributed by atoms with Crippen LogP contribution >= 0.6 is 0 Å².